The summed E-state index contributed by atoms with van der Waals surface area (Å²) in [6, 6.07) is 0. The lowest BCUT2D eigenvalue weighted by Gasteiger charge is -2.29. The highest BCUT2D eigenvalue weighted by atomic mass is 35.5. The molecule has 1 rings (SSSR count). The van der Waals surface area contributed by atoms with Gasteiger partial charge in [-0.05, 0) is 39.0 Å². The second-order valence-corrected chi connectivity index (χ2v) is 8.57. The van der Waals surface area contributed by atoms with Gasteiger partial charge in [0.25, 0.3) is 0 Å². The summed E-state index contributed by atoms with van der Waals surface area (Å²) in [6.07, 6.45) is 4.38. The standard InChI is InChI=1S/C11H22ClNO2S/c1-10(2,3)16(14,15)13-9-11(8-12)6-4-5-7-11/h13H,4-9H2,1-3H3. The molecule has 0 aliphatic heterocycles. The molecule has 0 heterocycles. The first-order chi connectivity index (χ1) is 7.22. The van der Waals surface area contributed by atoms with Crippen molar-refractivity contribution in [1.29, 1.82) is 0 Å². The lowest BCUT2D eigenvalue weighted by molar-refractivity contribution is 0.340. The summed E-state index contributed by atoms with van der Waals surface area (Å²) in [6.45, 7) is 5.60. The van der Waals surface area contributed by atoms with Gasteiger partial charge < -0.3 is 0 Å². The molecule has 0 aromatic rings. The highest BCUT2D eigenvalue weighted by Gasteiger charge is 2.36. The lowest BCUT2D eigenvalue weighted by Crippen LogP contribution is -2.44. The van der Waals surface area contributed by atoms with Gasteiger partial charge in [-0.3, -0.25) is 0 Å². The van der Waals surface area contributed by atoms with E-state index in [0.717, 1.165) is 25.7 Å². The molecule has 3 nitrogen and oxygen atoms in total. The zero-order valence-electron chi connectivity index (χ0n) is 10.3. The highest BCUT2D eigenvalue weighted by Crippen LogP contribution is 2.38. The van der Waals surface area contributed by atoms with Crippen molar-refractivity contribution in [3.63, 3.8) is 0 Å². The SMILES string of the molecule is CC(C)(C)S(=O)(=O)NCC1(CCl)CCCC1. The van der Waals surface area contributed by atoms with Crippen LogP contribution in [-0.2, 0) is 10.0 Å². The predicted molar refractivity (Wildman–Crippen MR) is 68.3 cm³/mol. The van der Waals surface area contributed by atoms with Gasteiger partial charge in [-0.2, -0.15) is 0 Å². The van der Waals surface area contributed by atoms with E-state index >= 15 is 0 Å². The van der Waals surface area contributed by atoms with Gasteiger partial charge in [-0.1, -0.05) is 12.8 Å². The summed E-state index contributed by atoms with van der Waals surface area (Å²) in [5.41, 5.74) is -0.0140. The maximum atomic E-state index is 11.9. The van der Waals surface area contributed by atoms with Crippen molar-refractivity contribution >= 4 is 21.6 Å². The van der Waals surface area contributed by atoms with Crippen LogP contribution < -0.4 is 4.72 Å². The van der Waals surface area contributed by atoms with E-state index in [1.807, 2.05) is 0 Å². The van der Waals surface area contributed by atoms with E-state index in [-0.39, 0.29) is 5.41 Å². The fraction of sp³-hybridized carbons (Fsp3) is 1.00. The summed E-state index contributed by atoms with van der Waals surface area (Å²) < 4.78 is 25.8. The average Bonchev–Trinajstić information content (AvgIpc) is 2.62. The van der Waals surface area contributed by atoms with Gasteiger partial charge in [0, 0.05) is 12.4 Å². The van der Waals surface area contributed by atoms with E-state index in [4.69, 9.17) is 11.6 Å². The first-order valence-corrected chi connectivity index (χ1v) is 7.79. The minimum Gasteiger partial charge on any atom is -0.214 e. The predicted octanol–water partition coefficient (Wildman–Crippen LogP) is 2.50. The van der Waals surface area contributed by atoms with Crippen molar-refractivity contribution in [2.24, 2.45) is 5.41 Å². The molecule has 0 aromatic carbocycles. The van der Waals surface area contributed by atoms with E-state index in [2.05, 4.69) is 4.72 Å². The molecule has 1 saturated carbocycles. The molecule has 1 aliphatic rings. The molecule has 16 heavy (non-hydrogen) atoms. The first kappa shape index (κ1) is 14.3. The van der Waals surface area contributed by atoms with Crippen LogP contribution in [0.25, 0.3) is 0 Å². The van der Waals surface area contributed by atoms with E-state index in [9.17, 15) is 8.42 Å². The van der Waals surface area contributed by atoms with Gasteiger partial charge in [-0.25, -0.2) is 13.1 Å². The average molecular weight is 268 g/mol. The molecule has 0 atom stereocenters. The van der Waals surface area contributed by atoms with Crippen LogP contribution in [0.5, 0.6) is 0 Å². The third-order valence-corrected chi connectivity index (χ3v) is 6.09. The van der Waals surface area contributed by atoms with E-state index in [0.29, 0.717) is 12.4 Å². The number of hydrogen-bond acceptors (Lipinski definition) is 2. The molecule has 1 N–H and O–H groups in total. The zero-order valence-corrected chi connectivity index (χ0v) is 11.9. The van der Waals surface area contributed by atoms with E-state index in [1.54, 1.807) is 20.8 Å². The van der Waals surface area contributed by atoms with Crippen LogP contribution in [0, 0.1) is 5.41 Å². The molecule has 5 heteroatoms. The molecule has 96 valence electrons. The van der Waals surface area contributed by atoms with E-state index < -0.39 is 14.8 Å². The fourth-order valence-electron chi connectivity index (χ4n) is 1.95. The Bertz CT molecular complexity index is 326. The molecule has 0 aromatic heterocycles. The molecule has 0 spiro atoms. The zero-order chi connectivity index (χ0) is 12.4. The second-order valence-electron chi connectivity index (χ2n) is 5.78. The Hall–Kier alpha value is 0.200. The van der Waals surface area contributed by atoms with Gasteiger partial charge in [0.15, 0.2) is 0 Å². The molecule has 1 fully saturated rings. The number of sulfonamides is 1. The van der Waals surface area contributed by atoms with E-state index in [1.165, 1.54) is 0 Å². The van der Waals surface area contributed by atoms with Gasteiger partial charge in [0.2, 0.25) is 10.0 Å². The minimum absolute atomic E-state index is 0.0140. The van der Waals surface area contributed by atoms with Crippen molar-refractivity contribution in [2.45, 2.75) is 51.2 Å². The molecule has 0 saturated heterocycles. The first-order valence-electron chi connectivity index (χ1n) is 5.78. The number of nitrogens with one attached hydrogen (secondary N) is 1. The van der Waals surface area contributed by atoms with Crippen molar-refractivity contribution in [1.82, 2.24) is 4.72 Å². The Labute approximate surface area is 104 Å². The van der Waals surface area contributed by atoms with Crippen LogP contribution in [-0.4, -0.2) is 25.6 Å². The minimum atomic E-state index is -3.24. The molecule has 0 amide bonds. The van der Waals surface area contributed by atoms with Crippen molar-refractivity contribution in [2.75, 3.05) is 12.4 Å². The molecule has 0 bridgehead atoms. The molecular formula is C11H22ClNO2S. The number of halogens is 1. The lowest BCUT2D eigenvalue weighted by atomic mass is 9.89. The Balaban J connectivity index is 2.64. The van der Waals surface area contributed by atoms with Gasteiger partial charge in [-0.15, -0.1) is 11.6 Å². The number of alkyl halides is 1. The summed E-state index contributed by atoms with van der Waals surface area (Å²) in [5.74, 6) is 0.541. The Kier molecular flexibility index (Phi) is 4.30. The van der Waals surface area contributed by atoms with Gasteiger partial charge in [0.05, 0.1) is 4.75 Å². The maximum absolute atomic E-state index is 11.9. The summed E-state index contributed by atoms with van der Waals surface area (Å²) >= 11 is 5.97. The van der Waals surface area contributed by atoms with Crippen LogP contribution >= 0.6 is 11.6 Å². The summed E-state index contributed by atoms with van der Waals surface area (Å²) in [4.78, 5) is 0. The normalized spacial score (nSPS) is 21.2. The van der Waals surface area contributed by atoms with Crippen molar-refractivity contribution in [3.8, 4) is 0 Å². The van der Waals surface area contributed by atoms with Crippen LogP contribution in [0.4, 0.5) is 0 Å². The number of rotatable bonds is 4. The van der Waals surface area contributed by atoms with Crippen LogP contribution in [0.3, 0.4) is 0 Å². The smallest absolute Gasteiger partial charge is 0.214 e. The fourth-order valence-corrected chi connectivity index (χ4v) is 3.24. The third kappa shape index (κ3) is 3.11. The van der Waals surface area contributed by atoms with Gasteiger partial charge in [0.1, 0.15) is 0 Å². The van der Waals surface area contributed by atoms with Gasteiger partial charge >= 0.3 is 0 Å². The monoisotopic (exact) mass is 267 g/mol. The van der Waals surface area contributed by atoms with Crippen molar-refractivity contribution < 1.29 is 8.42 Å². The van der Waals surface area contributed by atoms with Crippen LogP contribution in [0.15, 0.2) is 0 Å². The molecule has 0 unspecified atom stereocenters. The topological polar surface area (TPSA) is 46.2 Å². The number of hydrogen-bond donors (Lipinski definition) is 1. The van der Waals surface area contributed by atoms with Crippen molar-refractivity contribution in [3.05, 3.63) is 0 Å². The quantitative estimate of drug-likeness (QED) is 0.796. The summed E-state index contributed by atoms with van der Waals surface area (Å²) in [5, 5.41) is 0. The highest BCUT2D eigenvalue weighted by molar-refractivity contribution is 7.90. The molecule has 1 aliphatic carbocycles. The van der Waals surface area contributed by atoms with Crippen LogP contribution in [0.1, 0.15) is 46.5 Å². The molecule has 0 radical (unpaired) electrons. The Morgan fingerprint density at radius 3 is 2.12 bits per heavy atom. The Morgan fingerprint density at radius 1 is 1.25 bits per heavy atom. The van der Waals surface area contributed by atoms with Crippen LogP contribution in [0.2, 0.25) is 0 Å². The summed E-state index contributed by atoms with van der Waals surface area (Å²) in [7, 11) is -3.24. The Morgan fingerprint density at radius 2 is 1.75 bits per heavy atom. The molecular weight excluding hydrogens is 246 g/mol. The largest absolute Gasteiger partial charge is 0.216 e. The maximum Gasteiger partial charge on any atom is 0.216 e. The second kappa shape index (κ2) is 4.83. The third-order valence-electron chi connectivity index (χ3n) is 3.39.